The van der Waals surface area contributed by atoms with Gasteiger partial charge in [0.1, 0.15) is 0 Å². The largest absolute Gasteiger partial charge is 0.394 e. The molecule has 0 spiro atoms. The molecule has 0 atom stereocenters. The molecule has 0 unspecified atom stereocenters. The van der Waals surface area contributed by atoms with Crippen molar-refractivity contribution in [1.29, 1.82) is 0 Å². The van der Waals surface area contributed by atoms with E-state index in [-0.39, 0.29) is 17.9 Å². The molecule has 4 nitrogen and oxygen atoms in total. The summed E-state index contributed by atoms with van der Waals surface area (Å²) in [5.41, 5.74) is 0.699. The minimum atomic E-state index is -0.269. The molecule has 1 saturated heterocycles. The molecule has 2 aliphatic rings. The Balaban J connectivity index is 2.00. The standard InChI is InChI=1S/C11H17NO3/c13-8-11(3-5-15-6-4-11)12-9-1-2-10(14)7-9/h7,12-13H,1-6,8H2. The first kappa shape index (κ1) is 10.6. The average molecular weight is 211 g/mol. The lowest BCUT2D eigenvalue weighted by molar-refractivity contribution is -0.114. The first-order chi connectivity index (χ1) is 7.24. The molecule has 0 aromatic heterocycles. The zero-order valence-corrected chi connectivity index (χ0v) is 8.79. The minimum Gasteiger partial charge on any atom is -0.394 e. The molecule has 84 valence electrons. The monoisotopic (exact) mass is 211 g/mol. The Morgan fingerprint density at radius 1 is 1.40 bits per heavy atom. The van der Waals surface area contributed by atoms with Gasteiger partial charge in [-0.05, 0) is 19.3 Å². The number of ketones is 1. The summed E-state index contributed by atoms with van der Waals surface area (Å²) in [7, 11) is 0. The third-order valence-electron chi connectivity index (χ3n) is 3.15. The molecule has 1 heterocycles. The predicted octanol–water partition coefficient (Wildman–Crippen LogP) is 0.364. The van der Waals surface area contributed by atoms with Crippen LogP contribution in [0.25, 0.3) is 0 Å². The second-order valence-corrected chi connectivity index (χ2v) is 4.31. The maximum atomic E-state index is 11.1. The van der Waals surface area contributed by atoms with Crippen LogP contribution in [-0.4, -0.2) is 36.2 Å². The number of ether oxygens (including phenoxy) is 1. The quantitative estimate of drug-likeness (QED) is 0.708. The zero-order chi connectivity index (χ0) is 10.7. The number of hydrogen-bond acceptors (Lipinski definition) is 4. The number of nitrogens with one attached hydrogen (secondary N) is 1. The molecule has 2 N–H and O–H groups in total. The van der Waals surface area contributed by atoms with Gasteiger partial charge in [-0.15, -0.1) is 0 Å². The van der Waals surface area contributed by atoms with Gasteiger partial charge in [-0.2, -0.15) is 0 Å². The Hall–Kier alpha value is -0.870. The van der Waals surface area contributed by atoms with Crippen molar-refractivity contribution in [3.63, 3.8) is 0 Å². The van der Waals surface area contributed by atoms with Crippen LogP contribution in [0.1, 0.15) is 25.7 Å². The first-order valence-corrected chi connectivity index (χ1v) is 5.44. The molecule has 1 fully saturated rings. The van der Waals surface area contributed by atoms with Gasteiger partial charge >= 0.3 is 0 Å². The lowest BCUT2D eigenvalue weighted by atomic mass is 9.90. The Morgan fingerprint density at radius 3 is 2.67 bits per heavy atom. The van der Waals surface area contributed by atoms with Crippen LogP contribution in [0.4, 0.5) is 0 Å². The molecule has 0 bridgehead atoms. The van der Waals surface area contributed by atoms with Crippen LogP contribution in [0.5, 0.6) is 0 Å². The smallest absolute Gasteiger partial charge is 0.157 e. The number of aliphatic hydroxyl groups is 1. The van der Waals surface area contributed by atoms with Crippen molar-refractivity contribution in [2.75, 3.05) is 19.8 Å². The maximum absolute atomic E-state index is 11.1. The fraction of sp³-hybridized carbons (Fsp3) is 0.727. The van der Waals surface area contributed by atoms with Gasteiger partial charge in [0.25, 0.3) is 0 Å². The number of carbonyl (C=O) groups excluding carboxylic acids is 1. The molecule has 1 aliphatic carbocycles. The summed E-state index contributed by atoms with van der Waals surface area (Å²) in [6.07, 6.45) is 4.64. The van der Waals surface area contributed by atoms with Crippen molar-refractivity contribution in [2.24, 2.45) is 0 Å². The summed E-state index contributed by atoms with van der Waals surface area (Å²) in [6.45, 7) is 1.45. The number of carbonyl (C=O) groups is 1. The van der Waals surface area contributed by atoms with Gasteiger partial charge in [0.2, 0.25) is 0 Å². The van der Waals surface area contributed by atoms with Gasteiger partial charge in [0.15, 0.2) is 5.78 Å². The van der Waals surface area contributed by atoms with Gasteiger partial charge in [-0.25, -0.2) is 0 Å². The topological polar surface area (TPSA) is 58.6 Å². The summed E-state index contributed by atoms with van der Waals surface area (Å²) in [5, 5.41) is 12.8. The Labute approximate surface area is 89.3 Å². The van der Waals surface area contributed by atoms with E-state index in [1.165, 1.54) is 0 Å². The molecule has 0 amide bonds. The van der Waals surface area contributed by atoms with Crippen LogP contribution in [0.2, 0.25) is 0 Å². The molecule has 1 aliphatic heterocycles. The molecule has 15 heavy (non-hydrogen) atoms. The van der Waals surface area contributed by atoms with Gasteiger partial charge in [-0.1, -0.05) is 0 Å². The van der Waals surface area contributed by atoms with Crippen molar-refractivity contribution in [1.82, 2.24) is 5.32 Å². The zero-order valence-electron chi connectivity index (χ0n) is 8.79. The summed E-state index contributed by atoms with van der Waals surface area (Å²) in [4.78, 5) is 11.1. The predicted molar refractivity (Wildman–Crippen MR) is 55.3 cm³/mol. The van der Waals surface area contributed by atoms with Gasteiger partial charge in [-0.3, -0.25) is 4.79 Å². The molecule has 0 aromatic carbocycles. The summed E-state index contributed by atoms with van der Waals surface area (Å²) < 4.78 is 5.27. The summed E-state index contributed by atoms with van der Waals surface area (Å²) in [5.74, 6) is 0.178. The fourth-order valence-electron chi connectivity index (χ4n) is 2.12. The SMILES string of the molecule is O=C1C=C(NC2(CO)CCOCC2)CC1. The number of aliphatic hydroxyl groups excluding tert-OH is 1. The van der Waals surface area contributed by atoms with Gasteiger partial charge in [0, 0.05) is 31.4 Å². The van der Waals surface area contributed by atoms with Crippen LogP contribution >= 0.6 is 0 Å². The third-order valence-corrected chi connectivity index (χ3v) is 3.15. The lowest BCUT2D eigenvalue weighted by Gasteiger charge is -2.37. The van der Waals surface area contributed by atoms with E-state index in [1.54, 1.807) is 6.08 Å². The highest BCUT2D eigenvalue weighted by Crippen LogP contribution is 2.24. The fourth-order valence-corrected chi connectivity index (χ4v) is 2.12. The van der Waals surface area contributed by atoms with E-state index < -0.39 is 0 Å². The number of rotatable bonds is 3. The van der Waals surface area contributed by atoms with E-state index in [0.717, 1.165) is 25.0 Å². The third kappa shape index (κ3) is 2.38. The van der Waals surface area contributed by atoms with Gasteiger partial charge < -0.3 is 15.2 Å². The first-order valence-electron chi connectivity index (χ1n) is 5.44. The van der Waals surface area contributed by atoms with E-state index in [2.05, 4.69) is 5.32 Å². The lowest BCUT2D eigenvalue weighted by Crippen LogP contribution is -2.51. The minimum absolute atomic E-state index is 0.0991. The highest BCUT2D eigenvalue weighted by Gasteiger charge is 2.33. The highest BCUT2D eigenvalue weighted by molar-refractivity contribution is 5.92. The second kappa shape index (κ2) is 4.33. The van der Waals surface area contributed by atoms with E-state index in [9.17, 15) is 9.90 Å². The van der Waals surface area contributed by atoms with E-state index in [4.69, 9.17) is 4.74 Å². The Kier molecular flexibility index (Phi) is 3.07. The van der Waals surface area contributed by atoms with Crippen molar-refractivity contribution < 1.29 is 14.6 Å². The van der Waals surface area contributed by atoms with Crippen LogP contribution in [0.15, 0.2) is 11.8 Å². The van der Waals surface area contributed by atoms with Crippen molar-refractivity contribution in [2.45, 2.75) is 31.2 Å². The molecular formula is C11H17NO3. The van der Waals surface area contributed by atoms with Crippen LogP contribution in [-0.2, 0) is 9.53 Å². The molecular weight excluding hydrogens is 194 g/mol. The molecule has 0 aromatic rings. The van der Waals surface area contributed by atoms with Crippen molar-refractivity contribution in [3.8, 4) is 0 Å². The summed E-state index contributed by atoms with van der Waals surface area (Å²) in [6, 6.07) is 0. The van der Waals surface area contributed by atoms with E-state index in [1.807, 2.05) is 0 Å². The van der Waals surface area contributed by atoms with Crippen LogP contribution in [0, 0.1) is 0 Å². The van der Waals surface area contributed by atoms with Crippen molar-refractivity contribution in [3.05, 3.63) is 11.8 Å². The van der Waals surface area contributed by atoms with Crippen LogP contribution < -0.4 is 5.32 Å². The number of hydrogen-bond donors (Lipinski definition) is 2. The number of allylic oxidation sites excluding steroid dienone is 2. The van der Waals surface area contributed by atoms with Crippen molar-refractivity contribution >= 4 is 5.78 Å². The molecule has 0 saturated carbocycles. The summed E-state index contributed by atoms with van der Waals surface area (Å²) >= 11 is 0. The second-order valence-electron chi connectivity index (χ2n) is 4.31. The highest BCUT2D eigenvalue weighted by atomic mass is 16.5. The maximum Gasteiger partial charge on any atom is 0.157 e. The Bertz CT molecular complexity index is 280. The molecule has 0 radical (unpaired) electrons. The molecule has 2 rings (SSSR count). The molecule has 4 heteroatoms. The van der Waals surface area contributed by atoms with E-state index in [0.29, 0.717) is 19.6 Å². The Morgan fingerprint density at radius 2 is 2.13 bits per heavy atom. The van der Waals surface area contributed by atoms with Crippen LogP contribution in [0.3, 0.4) is 0 Å². The average Bonchev–Trinajstić information content (AvgIpc) is 2.65. The van der Waals surface area contributed by atoms with Gasteiger partial charge in [0.05, 0.1) is 12.1 Å². The van der Waals surface area contributed by atoms with E-state index >= 15 is 0 Å². The normalized spacial score (nSPS) is 25.1.